The Morgan fingerprint density at radius 2 is 1.89 bits per heavy atom. The lowest BCUT2D eigenvalue weighted by Gasteiger charge is -2.24. The van der Waals surface area contributed by atoms with Gasteiger partial charge in [0.05, 0.1) is 7.64 Å². The van der Waals surface area contributed by atoms with Crippen molar-refractivity contribution in [3.63, 3.8) is 0 Å². The number of nitrogens with zero attached hydrogens (tertiary/aromatic N) is 1. The highest BCUT2D eigenvalue weighted by Gasteiger charge is 2.40. The van der Waals surface area contributed by atoms with Crippen LogP contribution >= 0.6 is 0 Å². The molecule has 0 amide bonds. The predicted molar refractivity (Wildman–Crippen MR) is 104 cm³/mol. The number of aryl methyl sites for hydroxylation is 1. The highest BCUT2D eigenvalue weighted by Crippen LogP contribution is 2.38. The Balaban J connectivity index is 1.99. The Morgan fingerprint density at radius 1 is 1.22 bits per heavy atom. The molecule has 2 atom stereocenters. The smallest absolute Gasteiger partial charge is 0.303 e. The summed E-state index contributed by atoms with van der Waals surface area (Å²) in [7, 11) is -3.81. The van der Waals surface area contributed by atoms with Crippen molar-refractivity contribution in [2.45, 2.75) is 24.8 Å². The van der Waals surface area contributed by atoms with E-state index in [0.29, 0.717) is 11.1 Å². The van der Waals surface area contributed by atoms with Gasteiger partial charge in [0.1, 0.15) is 6.10 Å². The van der Waals surface area contributed by atoms with Crippen LogP contribution in [0.1, 0.15) is 26.9 Å². The first kappa shape index (κ1) is 16.7. The van der Waals surface area contributed by atoms with Gasteiger partial charge < -0.3 is 4.74 Å². The van der Waals surface area contributed by atoms with Gasteiger partial charge in [-0.3, -0.25) is 4.79 Å². The third kappa shape index (κ3) is 4.12. The van der Waals surface area contributed by atoms with E-state index in [1.807, 2.05) is 13.0 Å². The normalized spacial score (nSPS) is 19.9. The van der Waals surface area contributed by atoms with Crippen molar-refractivity contribution in [3.8, 4) is 0 Å². The summed E-state index contributed by atoms with van der Waals surface area (Å²) in [5.74, 6) is -1.11. The van der Waals surface area contributed by atoms with E-state index in [-0.39, 0.29) is 18.0 Å². The van der Waals surface area contributed by atoms with Crippen LogP contribution in [-0.2, 0) is 19.6 Å². The number of hydrogen-bond donors (Lipinski definition) is 0. The average molecular weight is 387 g/mol. The number of hydrogen-bond acceptors (Lipinski definition) is 4. The molecule has 0 saturated carbocycles. The largest absolute Gasteiger partial charge is 0.457 e. The molecule has 142 valence electrons. The van der Waals surface area contributed by atoms with Crippen LogP contribution in [0.3, 0.4) is 0 Å². The van der Waals surface area contributed by atoms with Gasteiger partial charge in [0.15, 0.2) is 0 Å². The molecule has 0 aliphatic carbocycles. The lowest BCUT2D eigenvalue weighted by atomic mass is 9.92. The van der Waals surface area contributed by atoms with Crippen LogP contribution in [-0.4, -0.2) is 31.8 Å². The fourth-order valence-corrected chi connectivity index (χ4v) is 4.67. The molecule has 1 aliphatic rings. The molecule has 0 bridgehead atoms. The Bertz CT molecular complexity index is 1020. The van der Waals surface area contributed by atoms with Gasteiger partial charge in [-0.15, -0.1) is 0 Å². The van der Waals surface area contributed by atoms with Gasteiger partial charge in [-0.1, -0.05) is 60.1 Å². The molecular formula is C21H23NO4S. The molecule has 5 nitrogen and oxygen atoms in total. The second kappa shape index (κ2) is 7.66. The summed E-state index contributed by atoms with van der Waals surface area (Å²) in [6.45, 7) is 2.66. The SMILES string of the molecule is [2H]C([2H])=C1CN(S(=O)(=O)c2ccc(C)cc2)C[C@H]1[C@@H](OC(C)=O)c1ccccc1. The summed E-state index contributed by atoms with van der Waals surface area (Å²) in [5, 5.41) is 0. The number of carbonyl (C=O) groups is 1. The molecule has 1 saturated heterocycles. The highest BCUT2D eigenvalue weighted by atomic mass is 32.2. The number of ether oxygens (including phenoxy) is 1. The monoisotopic (exact) mass is 387 g/mol. The highest BCUT2D eigenvalue weighted by molar-refractivity contribution is 7.89. The minimum absolute atomic E-state index is 0.0274. The van der Waals surface area contributed by atoms with E-state index in [2.05, 4.69) is 0 Å². The van der Waals surface area contributed by atoms with Crippen LogP contribution < -0.4 is 0 Å². The maximum atomic E-state index is 13.1. The van der Waals surface area contributed by atoms with Crippen molar-refractivity contribution in [1.82, 2.24) is 4.31 Å². The first-order chi connectivity index (χ1) is 13.7. The number of carbonyl (C=O) groups excluding carboxylic acids is 1. The van der Waals surface area contributed by atoms with E-state index >= 15 is 0 Å². The molecular weight excluding hydrogens is 362 g/mol. The fourth-order valence-electron chi connectivity index (χ4n) is 3.23. The first-order valence-electron chi connectivity index (χ1n) is 9.65. The van der Waals surface area contributed by atoms with E-state index in [0.717, 1.165) is 5.56 Å². The topological polar surface area (TPSA) is 63.7 Å². The molecule has 0 unspecified atom stereocenters. The summed E-state index contributed by atoms with van der Waals surface area (Å²) in [4.78, 5) is 11.9. The molecule has 27 heavy (non-hydrogen) atoms. The van der Waals surface area contributed by atoms with E-state index in [9.17, 15) is 13.2 Å². The number of esters is 1. The summed E-state index contributed by atoms with van der Waals surface area (Å²) < 4.78 is 48.7. The molecule has 0 spiro atoms. The Morgan fingerprint density at radius 3 is 2.48 bits per heavy atom. The average Bonchev–Trinajstić information content (AvgIpc) is 3.13. The summed E-state index contributed by atoms with van der Waals surface area (Å²) >= 11 is 0. The quantitative estimate of drug-likeness (QED) is 0.582. The molecule has 0 aromatic heterocycles. The third-order valence-electron chi connectivity index (χ3n) is 4.64. The van der Waals surface area contributed by atoms with Crippen molar-refractivity contribution < 1.29 is 20.7 Å². The van der Waals surface area contributed by atoms with Crippen LogP contribution in [0.15, 0.2) is 71.6 Å². The first-order valence-corrected chi connectivity index (χ1v) is 10.1. The van der Waals surface area contributed by atoms with Crippen molar-refractivity contribution in [2.24, 2.45) is 5.92 Å². The Kier molecular flexibility index (Phi) is 4.74. The zero-order chi connectivity index (χ0) is 21.2. The Hall–Kier alpha value is -2.44. The van der Waals surface area contributed by atoms with Crippen molar-refractivity contribution >= 4 is 16.0 Å². The number of sulfonamides is 1. The van der Waals surface area contributed by atoms with Crippen LogP contribution in [0.4, 0.5) is 0 Å². The molecule has 1 heterocycles. The van der Waals surface area contributed by atoms with Gasteiger partial charge in [0.25, 0.3) is 0 Å². The molecule has 0 N–H and O–H groups in total. The van der Waals surface area contributed by atoms with Gasteiger partial charge in [0.2, 0.25) is 10.0 Å². The Labute approximate surface area is 163 Å². The summed E-state index contributed by atoms with van der Waals surface area (Å²) in [5.41, 5.74) is 1.97. The molecule has 2 aromatic carbocycles. The zero-order valence-corrected chi connectivity index (χ0v) is 16.1. The second-order valence-corrected chi connectivity index (χ2v) is 8.62. The van der Waals surface area contributed by atoms with Crippen LogP contribution in [0, 0.1) is 12.8 Å². The van der Waals surface area contributed by atoms with E-state index in [4.69, 9.17) is 7.48 Å². The molecule has 1 aliphatic heterocycles. The molecule has 0 radical (unpaired) electrons. The van der Waals surface area contributed by atoms with Gasteiger partial charge in [-0.05, 0) is 24.6 Å². The summed E-state index contributed by atoms with van der Waals surface area (Å²) in [6.07, 6.45) is -0.771. The molecule has 2 aromatic rings. The van der Waals surface area contributed by atoms with Crippen molar-refractivity contribution in [2.75, 3.05) is 13.1 Å². The van der Waals surface area contributed by atoms with Crippen molar-refractivity contribution in [1.29, 1.82) is 0 Å². The minimum Gasteiger partial charge on any atom is -0.457 e. The maximum Gasteiger partial charge on any atom is 0.303 e. The van der Waals surface area contributed by atoms with E-state index in [1.165, 1.54) is 11.2 Å². The van der Waals surface area contributed by atoms with E-state index < -0.39 is 34.5 Å². The second-order valence-electron chi connectivity index (χ2n) is 6.68. The molecule has 3 rings (SSSR count). The van der Waals surface area contributed by atoms with Gasteiger partial charge in [0, 0.05) is 25.9 Å². The van der Waals surface area contributed by atoms with E-state index in [1.54, 1.807) is 48.5 Å². The predicted octanol–water partition coefficient (Wildman–Crippen LogP) is 3.48. The standard InChI is InChI=1S/C21H23NO4S/c1-15-9-11-19(12-10-15)27(24,25)22-13-16(2)20(14-22)21(26-17(3)23)18-7-5-4-6-8-18/h4-12,20-21H,2,13-14H2,1,3H3/t20-,21+/m1/s1/i2D2. The number of rotatable bonds is 5. The maximum absolute atomic E-state index is 13.1. The van der Waals surface area contributed by atoms with Gasteiger partial charge >= 0.3 is 5.97 Å². The minimum atomic E-state index is -3.81. The lowest BCUT2D eigenvalue weighted by molar-refractivity contribution is -0.148. The fraction of sp³-hybridized carbons (Fsp3) is 0.286. The zero-order valence-electron chi connectivity index (χ0n) is 17.3. The van der Waals surface area contributed by atoms with Crippen molar-refractivity contribution in [3.05, 3.63) is 77.8 Å². The van der Waals surface area contributed by atoms with Crippen LogP contribution in [0.5, 0.6) is 0 Å². The number of benzene rings is 2. The molecule has 1 fully saturated rings. The van der Waals surface area contributed by atoms with Gasteiger partial charge in [-0.25, -0.2) is 8.42 Å². The van der Waals surface area contributed by atoms with Gasteiger partial charge in [-0.2, -0.15) is 4.31 Å². The lowest BCUT2D eigenvalue weighted by Crippen LogP contribution is -2.30. The van der Waals surface area contributed by atoms with Crippen LogP contribution in [0.2, 0.25) is 0 Å². The molecule has 6 heteroatoms. The summed E-state index contributed by atoms with van der Waals surface area (Å²) in [6, 6.07) is 15.5. The van der Waals surface area contributed by atoms with Crippen LogP contribution in [0.25, 0.3) is 0 Å². The third-order valence-corrected chi connectivity index (χ3v) is 6.47.